The fourth-order valence-corrected chi connectivity index (χ4v) is 5.15. The van der Waals surface area contributed by atoms with Gasteiger partial charge in [0.2, 0.25) is 0 Å². The molecule has 0 radical (unpaired) electrons. The van der Waals surface area contributed by atoms with Crippen molar-refractivity contribution in [2.45, 2.75) is 12.7 Å². The van der Waals surface area contributed by atoms with Gasteiger partial charge in [0.25, 0.3) is 0 Å². The van der Waals surface area contributed by atoms with Crippen LogP contribution in [0.4, 0.5) is 4.39 Å². The molecule has 3 nitrogen and oxygen atoms in total. The van der Waals surface area contributed by atoms with Crippen LogP contribution in [0, 0.1) is 11.7 Å². The summed E-state index contributed by atoms with van der Waals surface area (Å²) in [5.41, 5.74) is 6.11. The number of carboxylic acid groups (broad SMARTS) is 1. The lowest BCUT2D eigenvalue weighted by Crippen LogP contribution is -2.11. The molecular weight excluding hydrogens is 447 g/mol. The zero-order chi connectivity index (χ0) is 23.7. The molecule has 1 atom stereocenters. The molecule has 5 aromatic rings. The third-order valence-electron chi connectivity index (χ3n) is 6.03. The Labute approximate surface area is 201 Å². The lowest BCUT2D eigenvalue weighted by Gasteiger charge is -2.09. The van der Waals surface area contributed by atoms with Gasteiger partial charge < -0.3 is 9.52 Å². The molecule has 0 aliphatic carbocycles. The Morgan fingerprint density at radius 2 is 1.62 bits per heavy atom. The van der Waals surface area contributed by atoms with E-state index in [1.54, 1.807) is 19.1 Å². The number of furan rings is 1. The molecule has 4 aromatic carbocycles. The molecule has 0 saturated carbocycles. The minimum absolute atomic E-state index is 0.274. The van der Waals surface area contributed by atoms with Crippen LogP contribution in [0.25, 0.3) is 44.2 Å². The molecule has 0 aliphatic heterocycles. The van der Waals surface area contributed by atoms with E-state index in [0.717, 1.165) is 44.2 Å². The smallest absolute Gasteiger partial charge is 0.307 e. The van der Waals surface area contributed by atoms with Gasteiger partial charge in [-0.3, -0.25) is 4.79 Å². The molecule has 5 heteroatoms. The zero-order valence-corrected chi connectivity index (χ0v) is 19.4. The molecule has 0 aliphatic rings. The maximum atomic E-state index is 14.7. The van der Waals surface area contributed by atoms with Gasteiger partial charge >= 0.3 is 5.97 Å². The van der Waals surface area contributed by atoms with Crippen LogP contribution in [-0.2, 0) is 10.5 Å². The Hall–Kier alpha value is -3.57. The SMILES string of the molecule is CC(CSCc1ccc(-c2ccc(-c3cccc4c3oc3ccccc34)cc2)cc1F)C(=O)O. The molecule has 0 amide bonds. The van der Waals surface area contributed by atoms with Crippen molar-refractivity contribution in [1.82, 2.24) is 0 Å². The lowest BCUT2D eigenvalue weighted by atomic mass is 9.98. The Balaban J connectivity index is 1.37. The molecule has 1 heterocycles. The normalized spacial score (nSPS) is 12.3. The first-order valence-corrected chi connectivity index (χ1v) is 12.3. The van der Waals surface area contributed by atoms with Crippen molar-refractivity contribution in [3.8, 4) is 22.3 Å². The second-order valence-electron chi connectivity index (χ2n) is 8.42. The van der Waals surface area contributed by atoms with Crippen LogP contribution in [-0.4, -0.2) is 16.8 Å². The molecule has 170 valence electrons. The number of halogens is 1. The minimum Gasteiger partial charge on any atom is -0.481 e. The second kappa shape index (κ2) is 9.35. The monoisotopic (exact) mass is 470 g/mol. The summed E-state index contributed by atoms with van der Waals surface area (Å²) >= 11 is 1.43. The molecule has 0 fully saturated rings. The Kier molecular flexibility index (Phi) is 6.12. The van der Waals surface area contributed by atoms with Crippen molar-refractivity contribution < 1.29 is 18.7 Å². The predicted octanol–water partition coefficient (Wildman–Crippen LogP) is 8.01. The third-order valence-corrected chi connectivity index (χ3v) is 7.28. The number of hydrogen-bond acceptors (Lipinski definition) is 3. The van der Waals surface area contributed by atoms with Gasteiger partial charge in [0, 0.05) is 27.8 Å². The number of para-hydroxylation sites is 2. The number of carboxylic acids is 1. The van der Waals surface area contributed by atoms with Gasteiger partial charge in [-0.1, -0.05) is 79.7 Å². The lowest BCUT2D eigenvalue weighted by molar-refractivity contribution is -0.140. The number of fused-ring (bicyclic) bond motifs is 3. The van der Waals surface area contributed by atoms with E-state index in [9.17, 15) is 9.18 Å². The van der Waals surface area contributed by atoms with E-state index in [4.69, 9.17) is 9.52 Å². The van der Waals surface area contributed by atoms with Gasteiger partial charge in [-0.05, 0) is 34.4 Å². The van der Waals surface area contributed by atoms with E-state index >= 15 is 0 Å². The van der Waals surface area contributed by atoms with E-state index in [-0.39, 0.29) is 5.82 Å². The van der Waals surface area contributed by atoms with E-state index in [2.05, 4.69) is 18.2 Å². The summed E-state index contributed by atoms with van der Waals surface area (Å²) in [7, 11) is 0. The van der Waals surface area contributed by atoms with Gasteiger partial charge in [0.1, 0.15) is 17.0 Å². The van der Waals surface area contributed by atoms with E-state index in [1.807, 2.05) is 54.6 Å². The van der Waals surface area contributed by atoms with Gasteiger partial charge in [-0.25, -0.2) is 4.39 Å². The van der Waals surface area contributed by atoms with Crippen molar-refractivity contribution in [3.63, 3.8) is 0 Å². The van der Waals surface area contributed by atoms with Crippen molar-refractivity contribution in [2.24, 2.45) is 5.92 Å². The van der Waals surface area contributed by atoms with Gasteiger partial charge in [-0.15, -0.1) is 0 Å². The summed E-state index contributed by atoms with van der Waals surface area (Å²) in [6, 6.07) is 27.5. The quantitative estimate of drug-likeness (QED) is 0.262. The average molecular weight is 471 g/mol. The van der Waals surface area contributed by atoms with Crippen LogP contribution in [0.3, 0.4) is 0 Å². The number of thioether (sulfide) groups is 1. The molecule has 1 aromatic heterocycles. The molecule has 0 saturated heterocycles. The Morgan fingerprint density at radius 3 is 2.38 bits per heavy atom. The van der Waals surface area contributed by atoms with Crippen LogP contribution in [0.15, 0.2) is 89.3 Å². The number of benzene rings is 4. The van der Waals surface area contributed by atoms with Crippen molar-refractivity contribution in [2.75, 3.05) is 5.75 Å². The predicted molar refractivity (Wildman–Crippen MR) is 138 cm³/mol. The number of rotatable bonds is 7. The molecule has 5 rings (SSSR count). The van der Waals surface area contributed by atoms with E-state index in [1.165, 1.54) is 11.8 Å². The van der Waals surface area contributed by atoms with E-state index < -0.39 is 11.9 Å². The fourth-order valence-electron chi connectivity index (χ4n) is 4.08. The van der Waals surface area contributed by atoms with Gasteiger partial charge in [0.05, 0.1) is 5.92 Å². The average Bonchev–Trinajstić information content (AvgIpc) is 3.24. The third kappa shape index (κ3) is 4.31. The second-order valence-corrected chi connectivity index (χ2v) is 9.45. The van der Waals surface area contributed by atoms with Crippen molar-refractivity contribution in [1.29, 1.82) is 0 Å². The topological polar surface area (TPSA) is 50.4 Å². The van der Waals surface area contributed by atoms with Crippen LogP contribution in [0.5, 0.6) is 0 Å². The summed E-state index contributed by atoms with van der Waals surface area (Å²) in [5, 5.41) is 11.2. The summed E-state index contributed by atoms with van der Waals surface area (Å²) in [5.74, 6) is -0.649. The number of aliphatic carboxylic acids is 1. The molecule has 0 bridgehead atoms. The molecule has 34 heavy (non-hydrogen) atoms. The first-order chi connectivity index (χ1) is 16.5. The summed E-state index contributed by atoms with van der Waals surface area (Å²) in [6.45, 7) is 1.66. The van der Waals surface area contributed by atoms with Gasteiger partial charge in [-0.2, -0.15) is 11.8 Å². The van der Waals surface area contributed by atoms with Crippen LogP contribution < -0.4 is 0 Å². The summed E-state index contributed by atoms with van der Waals surface area (Å²) in [4.78, 5) is 10.9. The first-order valence-electron chi connectivity index (χ1n) is 11.1. The van der Waals surface area contributed by atoms with E-state index in [0.29, 0.717) is 17.1 Å². The highest BCUT2D eigenvalue weighted by molar-refractivity contribution is 7.98. The maximum absolute atomic E-state index is 14.7. The van der Waals surface area contributed by atoms with Crippen LogP contribution in [0.1, 0.15) is 12.5 Å². The van der Waals surface area contributed by atoms with Crippen LogP contribution in [0.2, 0.25) is 0 Å². The molecular formula is C29H23FO3S. The highest BCUT2D eigenvalue weighted by atomic mass is 32.2. The minimum atomic E-state index is -0.830. The summed E-state index contributed by atoms with van der Waals surface area (Å²) < 4.78 is 20.9. The standard InChI is InChI=1S/C29H23FO3S/c1-18(29(31)32)16-34-17-22-14-13-21(15-26(22)30)19-9-11-20(12-10-19)23-6-4-7-25-24-5-2-3-8-27(24)33-28(23)25/h2-15,18H,16-17H2,1H3,(H,31,32). The highest BCUT2D eigenvalue weighted by Crippen LogP contribution is 2.36. The number of hydrogen-bond donors (Lipinski definition) is 1. The Morgan fingerprint density at radius 1 is 0.912 bits per heavy atom. The Bertz CT molecular complexity index is 1490. The highest BCUT2D eigenvalue weighted by Gasteiger charge is 2.13. The van der Waals surface area contributed by atoms with Crippen LogP contribution >= 0.6 is 11.8 Å². The first kappa shape index (κ1) is 22.2. The zero-order valence-electron chi connectivity index (χ0n) is 18.6. The number of carbonyl (C=O) groups is 1. The maximum Gasteiger partial charge on any atom is 0.307 e. The van der Waals surface area contributed by atoms with Gasteiger partial charge in [0.15, 0.2) is 0 Å². The molecule has 0 spiro atoms. The largest absolute Gasteiger partial charge is 0.481 e. The molecule has 1 unspecified atom stereocenters. The fraction of sp³-hybridized carbons (Fsp3) is 0.138. The van der Waals surface area contributed by atoms with Crippen molar-refractivity contribution in [3.05, 3.63) is 96.3 Å². The summed E-state index contributed by atoms with van der Waals surface area (Å²) in [6.07, 6.45) is 0. The van der Waals surface area contributed by atoms with Crippen molar-refractivity contribution >= 4 is 39.7 Å². The molecule has 1 N–H and O–H groups in total.